The third-order valence-corrected chi connectivity index (χ3v) is 3.13. The number of esters is 1. The maximum atomic E-state index is 10.9. The quantitative estimate of drug-likeness (QED) is 0.519. The molecule has 0 atom stereocenters. The van der Waals surface area contributed by atoms with Crippen molar-refractivity contribution in [3.8, 4) is 5.75 Å². The summed E-state index contributed by atoms with van der Waals surface area (Å²) >= 11 is 5.08. The second-order valence-corrected chi connectivity index (χ2v) is 4.87. The lowest BCUT2D eigenvalue weighted by Crippen LogP contribution is -2.02. The van der Waals surface area contributed by atoms with Gasteiger partial charge < -0.3 is 9.47 Å². The summed E-state index contributed by atoms with van der Waals surface area (Å²) in [7, 11) is 1.56. The molecule has 0 aliphatic heterocycles. The Balaban J connectivity index is 2.26. The molecular formula is C14H16N4O3S. The highest BCUT2D eigenvalue weighted by Gasteiger charge is 2.06. The van der Waals surface area contributed by atoms with Gasteiger partial charge in [0.2, 0.25) is 4.77 Å². The van der Waals surface area contributed by atoms with Gasteiger partial charge >= 0.3 is 5.97 Å². The molecule has 116 valence electrons. The highest BCUT2D eigenvalue weighted by atomic mass is 32.1. The minimum atomic E-state index is -0.346. The van der Waals surface area contributed by atoms with E-state index in [1.54, 1.807) is 26.3 Å². The number of H-pyrrole nitrogens is 1. The molecule has 0 aliphatic rings. The van der Waals surface area contributed by atoms with Crippen LogP contribution in [0.1, 0.15) is 23.9 Å². The van der Waals surface area contributed by atoms with Crippen LogP contribution in [0.25, 0.3) is 0 Å². The van der Waals surface area contributed by atoms with Crippen molar-refractivity contribution in [2.24, 2.45) is 5.10 Å². The molecule has 0 amide bonds. The number of carbonyl (C=O) groups is 1. The van der Waals surface area contributed by atoms with Crippen molar-refractivity contribution < 1.29 is 14.3 Å². The summed E-state index contributed by atoms with van der Waals surface area (Å²) in [6.45, 7) is 3.30. The number of aromatic amines is 1. The zero-order valence-corrected chi connectivity index (χ0v) is 13.3. The molecule has 1 aromatic carbocycles. The molecule has 8 heteroatoms. The monoisotopic (exact) mass is 320 g/mol. The van der Waals surface area contributed by atoms with Gasteiger partial charge in [0.15, 0.2) is 0 Å². The fraction of sp³-hybridized carbons (Fsp3) is 0.286. The zero-order chi connectivity index (χ0) is 16.1. The molecule has 7 nitrogen and oxygen atoms in total. The molecule has 2 rings (SSSR count). The second-order valence-electron chi connectivity index (χ2n) is 4.48. The normalized spacial score (nSPS) is 10.9. The van der Waals surface area contributed by atoms with Crippen molar-refractivity contribution in [1.29, 1.82) is 0 Å². The lowest BCUT2D eigenvalue weighted by atomic mass is 10.1. The maximum Gasteiger partial charge on any atom is 0.302 e. The highest BCUT2D eigenvalue weighted by Crippen LogP contribution is 2.20. The average molecular weight is 320 g/mol. The molecule has 22 heavy (non-hydrogen) atoms. The summed E-state index contributed by atoms with van der Waals surface area (Å²) in [6, 6.07) is 5.48. The van der Waals surface area contributed by atoms with E-state index in [9.17, 15) is 4.79 Å². The van der Waals surface area contributed by atoms with Crippen LogP contribution < -0.4 is 4.74 Å². The van der Waals surface area contributed by atoms with E-state index < -0.39 is 0 Å². The summed E-state index contributed by atoms with van der Waals surface area (Å²) in [5.74, 6) is 0.964. The minimum Gasteiger partial charge on any atom is -0.496 e. The number of hydrogen-bond donors (Lipinski definition) is 1. The Kier molecular flexibility index (Phi) is 5.05. The van der Waals surface area contributed by atoms with Crippen LogP contribution in [-0.4, -0.2) is 34.2 Å². The van der Waals surface area contributed by atoms with E-state index in [0.29, 0.717) is 16.3 Å². The van der Waals surface area contributed by atoms with Gasteiger partial charge in [0.1, 0.15) is 18.2 Å². The van der Waals surface area contributed by atoms with Crippen molar-refractivity contribution in [3.05, 3.63) is 39.9 Å². The number of carbonyl (C=O) groups excluding carboxylic acids is 1. The number of rotatable bonds is 5. The Morgan fingerprint density at radius 3 is 2.91 bits per heavy atom. The predicted octanol–water partition coefficient (Wildman–Crippen LogP) is 2.20. The minimum absolute atomic E-state index is 0.143. The molecule has 0 radical (unpaired) electrons. The molecule has 0 aliphatic carbocycles. The number of benzene rings is 1. The van der Waals surface area contributed by atoms with Gasteiger partial charge in [0.25, 0.3) is 0 Å². The summed E-state index contributed by atoms with van der Waals surface area (Å²) < 4.78 is 12.2. The van der Waals surface area contributed by atoms with E-state index in [0.717, 1.165) is 11.1 Å². The molecule has 1 aromatic heterocycles. The van der Waals surface area contributed by atoms with E-state index in [1.807, 2.05) is 12.1 Å². The lowest BCUT2D eigenvalue weighted by molar-refractivity contribution is -0.142. The standard InChI is InChI=1S/C14H16N4O3S/c1-9-16-17-14(22)18(9)15-7-11-4-5-13(20-3)12(6-11)8-21-10(2)19/h4-7H,8H2,1-3H3,(H,17,22). The van der Waals surface area contributed by atoms with Crippen LogP contribution in [0.5, 0.6) is 5.75 Å². The summed E-state index contributed by atoms with van der Waals surface area (Å²) in [5.41, 5.74) is 1.58. The van der Waals surface area contributed by atoms with Crippen LogP contribution in [0.2, 0.25) is 0 Å². The third-order valence-electron chi connectivity index (χ3n) is 2.87. The molecule has 0 bridgehead atoms. The number of nitrogens with one attached hydrogen (secondary N) is 1. The summed E-state index contributed by atoms with van der Waals surface area (Å²) in [6.07, 6.45) is 1.65. The van der Waals surface area contributed by atoms with Crippen molar-refractivity contribution in [1.82, 2.24) is 14.9 Å². The van der Waals surface area contributed by atoms with Gasteiger partial charge in [-0.2, -0.15) is 14.9 Å². The summed E-state index contributed by atoms with van der Waals surface area (Å²) in [4.78, 5) is 10.9. The van der Waals surface area contributed by atoms with Gasteiger partial charge in [-0.3, -0.25) is 9.89 Å². The van der Waals surface area contributed by atoms with E-state index in [1.165, 1.54) is 11.6 Å². The highest BCUT2D eigenvalue weighted by molar-refractivity contribution is 7.71. The van der Waals surface area contributed by atoms with E-state index in [4.69, 9.17) is 21.7 Å². The molecule has 0 saturated carbocycles. The van der Waals surface area contributed by atoms with Crippen molar-refractivity contribution in [2.75, 3.05) is 7.11 Å². The molecule has 0 unspecified atom stereocenters. The van der Waals surface area contributed by atoms with E-state index in [-0.39, 0.29) is 12.6 Å². The number of nitrogens with zero attached hydrogens (tertiary/aromatic N) is 3. The topological polar surface area (TPSA) is 81.5 Å². The third kappa shape index (κ3) is 3.79. The Bertz CT molecular complexity index is 764. The largest absolute Gasteiger partial charge is 0.496 e. The first-order valence-electron chi connectivity index (χ1n) is 6.50. The first-order chi connectivity index (χ1) is 10.5. The van der Waals surface area contributed by atoms with Gasteiger partial charge in [0.05, 0.1) is 13.3 Å². The first-order valence-corrected chi connectivity index (χ1v) is 6.90. The molecule has 0 fully saturated rings. The maximum absolute atomic E-state index is 10.9. The molecule has 1 heterocycles. The fourth-order valence-corrected chi connectivity index (χ4v) is 2.03. The van der Waals surface area contributed by atoms with Gasteiger partial charge in [0, 0.05) is 12.5 Å². The lowest BCUT2D eigenvalue weighted by Gasteiger charge is -2.09. The molecule has 1 N–H and O–H groups in total. The number of methoxy groups -OCH3 is 1. The van der Waals surface area contributed by atoms with Gasteiger partial charge in [-0.25, -0.2) is 0 Å². The van der Waals surface area contributed by atoms with Crippen molar-refractivity contribution in [3.63, 3.8) is 0 Å². The molecule has 2 aromatic rings. The fourth-order valence-electron chi connectivity index (χ4n) is 1.80. The second kappa shape index (κ2) is 6.99. The molecule has 0 spiro atoms. The zero-order valence-electron chi connectivity index (χ0n) is 12.5. The Labute approximate surface area is 132 Å². The number of hydrogen-bond acceptors (Lipinski definition) is 6. The SMILES string of the molecule is COc1ccc(C=Nn2c(C)n[nH]c2=S)cc1COC(C)=O. The number of aromatic nitrogens is 3. The predicted molar refractivity (Wildman–Crippen MR) is 83.6 cm³/mol. The Morgan fingerprint density at radius 2 is 2.32 bits per heavy atom. The van der Waals surface area contributed by atoms with Gasteiger partial charge in [-0.15, -0.1) is 0 Å². The first kappa shape index (κ1) is 15.9. The van der Waals surface area contributed by atoms with Gasteiger partial charge in [-0.05, 0) is 42.9 Å². The number of ether oxygens (including phenoxy) is 2. The van der Waals surface area contributed by atoms with Crippen LogP contribution in [0.3, 0.4) is 0 Å². The van der Waals surface area contributed by atoms with E-state index in [2.05, 4.69) is 15.3 Å². The van der Waals surface area contributed by atoms with E-state index >= 15 is 0 Å². The van der Waals surface area contributed by atoms with Crippen LogP contribution >= 0.6 is 12.2 Å². The van der Waals surface area contributed by atoms with Crippen molar-refractivity contribution in [2.45, 2.75) is 20.5 Å². The Hall–Kier alpha value is -2.48. The smallest absolute Gasteiger partial charge is 0.302 e. The van der Waals surface area contributed by atoms with Gasteiger partial charge in [-0.1, -0.05) is 0 Å². The molecule has 0 saturated heterocycles. The molecular weight excluding hydrogens is 304 g/mol. The van der Waals surface area contributed by atoms with Crippen LogP contribution in [0.15, 0.2) is 23.3 Å². The van der Waals surface area contributed by atoms with Crippen molar-refractivity contribution >= 4 is 24.4 Å². The van der Waals surface area contributed by atoms with Crippen LogP contribution in [0.4, 0.5) is 0 Å². The summed E-state index contributed by atoms with van der Waals surface area (Å²) in [5, 5.41) is 10.9. The van der Waals surface area contributed by atoms with Crippen LogP contribution in [-0.2, 0) is 16.1 Å². The number of aryl methyl sites for hydroxylation is 1. The average Bonchev–Trinajstić information content (AvgIpc) is 2.82. The Morgan fingerprint density at radius 1 is 1.55 bits per heavy atom. The van der Waals surface area contributed by atoms with Crippen LogP contribution in [0, 0.1) is 11.7 Å².